The predicted molar refractivity (Wildman–Crippen MR) is 77.3 cm³/mol. The summed E-state index contributed by atoms with van der Waals surface area (Å²) in [5, 5.41) is 3.39. The summed E-state index contributed by atoms with van der Waals surface area (Å²) in [6.07, 6.45) is 3.77. The lowest BCUT2D eigenvalue weighted by atomic mass is 10.0. The van der Waals surface area contributed by atoms with Gasteiger partial charge in [0.05, 0.1) is 23.5 Å². The number of hydrogen-bond donors (Lipinski definition) is 2. The normalized spacial score (nSPS) is 15.9. The summed E-state index contributed by atoms with van der Waals surface area (Å²) < 4.78 is 4.95. The van der Waals surface area contributed by atoms with E-state index in [4.69, 9.17) is 10.5 Å². The van der Waals surface area contributed by atoms with Crippen molar-refractivity contribution >= 4 is 17.3 Å². The van der Waals surface area contributed by atoms with Gasteiger partial charge in [0, 0.05) is 6.54 Å². The zero-order chi connectivity index (χ0) is 13.9. The Morgan fingerprint density at radius 3 is 2.68 bits per heavy atom. The Balaban J connectivity index is 2.01. The molecule has 1 aliphatic carbocycles. The summed E-state index contributed by atoms with van der Waals surface area (Å²) in [6.45, 7) is 5.34. The van der Waals surface area contributed by atoms with Crippen molar-refractivity contribution in [1.29, 1.82) is 0 Å². The molecule has 104 valence electrons. The van der Waals surface area contributed by atoms with Crippen LogP contribution in [0.5, 0.6) is 0 Å². The fourth-order valence-corrected chi connectivity index (χ4v) is 2.18. The van der Waals surface area contributed by atoms with E-state index in [1.807, 2.05) is 6.07 Å². The minimum atomic E-state index is -0.326. The van der Waals surface area contributed by atoms with Gasteiger partial charge in [-0.3, -0.25) is 0 Å². The number of hydrogen-bond acceptors (Lipinski definition) is 4. The fourth-order valence-electron chi connectivity index (χ4n) is 2.18. The van der Waals surface area contributed by atoms with Crippen LogP contribution in [-0.2, 0) is 4.74 Å². The Morgan fingerprint density at radius 1 is 1.42 bits per heavy atom. The molecule has 0 spiro atoms. The molecular formula is C15H22N2O2. The quantitative estimate of drug-likeness (QED) is 0.611. The first-order valence-electron chi connectivity index (χ1n) is 6.91. The van der Waals surface area contributed by atoms with Crippen molar-refractivity contribution in [2.45, 2.75) is 33.1 Å². The Kier molecular flexibility index (Phi) is 3.98. The van der Waals surface area contributed by atoms with Gasteiger partial charge in [-0.05, 0) is 49.8 Å². The minimum Gasteiger partial charge on any atom is -0.462 e. The Bertz CT molecular complexity index is 467. The van der Waals surface area contributed by atoms with E-state index in [2.05, 4.69) is 12.2 Å². The standard InChI is InChI=1S/C15H22N2O2/c1-3-15(7-8-15)10-17-13-6-5-11(9-12(13)16)14(18)19-4-2/h5-6,9,17H,3-4,7-8,10,16H2,1-2H3. The van der Waals surface area contributed by atoms with Gasteiger partial charge >= 0.3 is 5.97 Å². The molecule has 0 aliphatic heterocycles. The molecule has 1 aromatic carbocycles. The number of anilines is 2. The second-order valence-corrected chi connectivity index (χ2v) is 5.23. The highest BCUT2D eigenvalue weighted by Gasteiger charge is 2.40. The van der Waals surface area contributed by atoms with Crippen LogP contribution in [0.4, 0.5) is 11.4 Å². The van der Waals surface area contributed by atoms with Gasteiger partial charge in [-0.25, -0.2) is 4.79 Å². The number of esters is 1. The van der Waals surface area contributed by atoms with Crippen molar-refractivity contribution in [3.8, 4) is 0 Å². The van der Waals surface area contributed by atoms with Gasteiger partial charge in [0.15, 0.2) is 0 Å². The highest BCUT2D eigenvalue weighted by molar-refractivity contribution is 5.91. The van der Waals surface area contributed by atoms with Crippen molar-refractivity contribution in [3.63, 3.8) is 0 Å². The molecular weight excluding hydrogens is 240 g/mol. The van der Waals surface area contributed by atoms with Crippen molar-refractivity contribution in [2.75, 3.05) is 24.2 Å². The number of nitrogens with one attached hydrogen (secondary N) is 1. The number of nitrogen functional groups attached to an aromatic ring is 1. The molecule has 0 aromatic heterocycles. The van der Waals surface area contributed by atoms with E-state index >= 15 is 0 Å². The van der Waals surface area contributed by atoms with Crippen LogP contribution < -0.4 is 11.1 Å². The largest absolute Gasteiger partial charge is 0.462 e. The molecule has 1 saturated carbocycles. The van der Waals surface area contributed by atoms with E-state index < -0.39 is 0 Å². The molecule has 0 amide bonds. The summed E-state index contributed by atoms with van der Waals surface area (Å²) in [6, 6.07) is 5.28. The lowest BCUT2D eigenvalue weighted by Gasteiger charge is -2.16. The minimum absolute atomic E-state index is 0.326. The van der Waals surface area contributed by atoms with Crippen LogP contribution in [0.1, 0.15) is 43.5 Å². The van der Waals surface area contributed by atoms with Crippen molar-refractivity contribution < 1.29 is 9.53 Å². The summed E-state index contributed by atoms with van der Waals surface area (Å²) in [7, 11) is 0. The lowest BCUT2D eigenvalue weighted by Crippen LogP contribution is -2.15. The van der Waals surface area contributed by atoms with Crippen LogP contribution in [-0.4, -0.2) is 19.1 Å². The zero-order valence-electron chi connectivity index (χ0n) is 11.7. The second kappa shape index (κ2) is 5.51. The fraction of sp³-hybridized carbons (Fsp3) is 0.533. The van der Waals surface area contributed by atoms with E-state index in [1.165, 1.54) is 19.3 Å². The molecule has 0 bridgehead atoms. The van der Waals surface area contributed by atoms with E-state index in [-0.39, 0.29) is 5.97 Å². The third-order valence-corrected chi connectivity index (χ3v) is 3.92. The second-order valence-electron chi connectivity index (χ2n) is 5.23. The van der Waals surface area contributed by atoms with E-state index in [1.54, 1.807) is 19.1 Å². The molecule has 0 heterocycles. The molecule has 3 N–H and O–H groups in total. The Morgan fingerprint density at radius 2 is 2.16 bits per heavy atom. The number of carbonyl (C=O) groups is 1. The number of rotatable bonds is 6. The molecule has 1 fully saturated rings. The number of benzene rings is 1. The van der Waals surface area contributed by atoms with Crippen LogP contribution in [0.3, 0.4) is 0 Å². The van der Waals surface area contributed by atoms with Gasteiger partial charge < -0.3 is 15.8 Å². The Hall–Kier alpha value is -1.71. The molecule has 1 aliphatic rings. The zero-order valence-corrected chi connectivity index (χ0v) is 11.7. The number of carbonyl (C=O) groups excluding carboxylic acids is 1. The highest BCUT2D eigenvalue weighted by Crippen LogP contribution is 2.48. The third kappa shape index (κ3) is 3.19. The van der Waals surface area contributed by atoms with Gasteiger partial charge in [0.25, 0.3) is 0 Å². The predicted octanol–water partition coefficient (Wildman–Crippen LogP) is 3.05. The summed E-state index contributed by atoms with van der Waals surface area (Å²) in [4.78, 5) is 11.6. The van der Waals surface area contributed by atoms with Crippen molar-refractivity contribution in [3.05, 3.63) is 23.8 Å². The van der Waals surface area contributed by atoms with Crippen molar-refractivity contribution in [2.24, 2.45) is 5.41 Å². The van der Waals surface area contributed by atoms with Crippen LogP contribution >= 0.6 is 0 Å². The average Bonchev–Trinajstić information content (AvgIpc) is 3.18. The molecule has 19 heavy (non-hydrogen) atoms. The summed E-state index contributed by atoms with van der Waals surface area (Å²) >= 11 is 0. The Labute approximate surface area is 114 Å². The number of ether oxygens (including phenoxy) is 1. The van der Waals surface area contributed by atoms with E-state index in [0.29, 0.717) is 23.3 Å². The third-order valence-electron chi connectivity index (χ3n) is 3.92. The highest BCUT2D eigenvalue weighted by atomic mass is 16.5. The van der Waals surface area contributed by atoms with Crippen LogP contribution in [0.25, 0.3) is 0 Å². The van der Waals surface area contributed by atoms with Gasteiger partial charge in [0.2, 0.25) is 0 Å². The van der Waals surface area contributed by atoms with Gasteiger partial charge in [0.1, 0.15) is 0 Å². The number of nitrogens with two attached hydrogens (primary N) is 1. The SMILES string of the molecule is CCOC(=O)c1ccc(NCC2(CC)CC2)c(N)c1. The molecule has 4 nitrogen and oxygen atoms in total. The molecule has 0 radical (unpaired) electrons. The molecule has 2 rings (SSSR count). The molecule has 1 aromatic rings. The molecule has 0 saturated heterocycles. The van der Waals surface area contributed by atoms with Crippen molar-refractivity contribution in [1.82, 2.24) is 0 Å². The first kappa shape index (κ1) is 13.7. The lowest BCUT2D eigenvalue weighted by molar-refractivity contribution is 0.0526. The van der Waals surface area contributed by atoms with Gasteiger partial charge in [-0.1, -0.05) is 6.92 Å². The topological polar surface area (TPSA) is 64.3 Å². The maximum atomic E-state index is 11.6. The molecule has 4 heteroatoms. The summed E-state index contributed by atoms with van der Waals surface area (Å²) in [5.74, 6) is -0.326. The molecule has 0 atom stereocenters. The molecule has 0 unspecified atom stereocenters. The maximum absolute atomic E-state index is 11.6. The van der Waals surface area contributed by atoms with Gasteiger partial charge in [-0.15, -0.1) is 0 Å². The average molecular weight is 262 g/mol. The van der Waals surface area contributed by atoms with E-state index in [9.17, 15) is 4.79 Å². The maximum Gasteiger partial charge on any atom is 0.338 e. The van der Waals surface area contributed by atoms with Crippen LogP contribution in [0.2, 0.25) is 0 Å². The monoisotopic (exact) mass is 262 g/mol. The first-order valence-corrected chi connectivity index (χ1v) is 6.91. The van der Waals surface area contributed by atoms with Gasteiger partial charge in [-0.2, -0.15) is 0 Å². The van der Waals surface area contributed by atoms with Crippen LogP contribution in [0, 0.1) is 5.41 Å². The van der Waals surface area contributed by atoms with Crippen LogP contribution in [0.15, 0.2) is 18.2 Å². The first-order chi connectivity index (χ1) is 9.10. The summed E-state index contributed by atoms with van der Waals surface area (Å²) in [5.41, 5.74) is 8.43. The van der Waals surface area contributed by atoms with E-state index in [0.717, 1.165) is 12.2 Å². The smallest absolute Gasteiger partial charge is 0.338 e.